The number of amides is 4. The number of aliphatic carboxylic acids is 1. The monoisotopic (exact) mass is 474 g/mol. The van der Waals surface area contributed by atoms with Crippen molar-refractivity contribution in [2.24, 2.45) is 27.9 Å². The number of carboxylic acid groups (broad SMARTS) is 1. The standard InChI is InChI=1S/C18H34N8O7/c1-8(17(32)33)24-15(30)11(4-3-7-23-18(21)22)25-16(31)13(9(2)27)26-14(29)10(19)5-6-12(20)28/h8-11,13,27H,3-7,19H2,1-2H3,(H2,20,28)(H,24,30)(H,25,31)(H,26,29)(H,32,33)(H4,21,22,23). The van der Waals surface area contributed by atoms with Gasteiger partial charge < -0.3 is 49.1 Å². The largest absolute Gasteiger partial charge is 0.480 e. The Kier molecular flexibility index (Phi) is 13.0. The molecule has 0 radical (unpaired) electrons. The van der Waals surface area contributed by atoms with Crippen molar-refractivity contribution in [2.45, 2.75) is 69.8 Å². The molecule has 0 fully saturated rings. The highest BCUT2D eigenvalue weighted by Gasteiger charge is 2.31. The molecule has 0 aromatic rings. The molecule has 0 aliphatic carbocycles. The summed E-state index contributed by atoms with van der Waals surface area (Å²) in [6.07, 6.45) is -1.32. The molecule has 0 saturated heterocycles. The van der Waals surface area contributed by atoms with Crippen LogP contribution >= 0.6 is 0 Å². The number of rotatable bonds is 15. The van der Waals surface area contributed by atoms with Gasteiger partial charge in [0.2, 0.25) is 23.6 Å². The first-order chi connectivity index (χ1) is 15.3. The Bertz CT molecular complexity index is 739. The van der Waals surface area contributed by atoms with E-state index < -0.39 is 59.9 Å². The summed E-state index contributed by atoms with van der Waals surface area (Å²) in [6, 6.07) is -5.09. The highest BCUT2D eigenvalue weighted by Crippen LogP contribution is 2.04. The molecule has 33 heavy (non-hydrogen) atoms. The summed E-state index contributed by atoms with van der Waals surface area (Å²) in [5.74, 6) is -4.63. The maximum atomic E-state index is 12.7. The number of carboxylic acids is 1. The second-order valence-corrected chi connectivity index (χ2v) is 7.42. The Morgan fingerprint density at radius 1 is 0.909 bits per heavy atom. The minimum Gasteiger partial charge on any atom is -0.480 e. The van der Waals surface area contributed by atoms with E-state index >= 15 is 0 Å². The fraction of sp³-hybridized carbons (Fsp3) is 0.667. The molecule has 15 heteroatoms. The molecule has 0 bridgehead atoms. The van der Waals surface area contributed by atoms with Crippen molar-refractivity contribution in [3.05, 3.63) is 0 Å². The molecule has 0 spiro atoms. The summed E-state index contributed by atoms with van der Waals surface area (Å²) in [6.45, 7) is 2.62. The number of aliphatic hydroxyl groups is 1. The molecule has 13 N–H and O–H groups in total. The Morgan fingerprint density at radius 2 is 1.52 bits per heavy atom. The van der Waals surface area contributed by atoms with Gasteiger partial charge in [-0.3, -0.25) is 29.0 Å². The van der Waals surface area contributed by atoms with Crippen molar-refractivity contribution in [3.8, 4) is 0 Å². The fourth-order valence-corrected chi connectivity index (χ4v) is 2.50. The van der Waals surface area contributed by atoms with Crippen molar-refractivity contribution in [2.75, 3.05) is 6.54 Å². The highest BCUT2D eigenvalue weighted by atomic mass is 16.4. The normalized spacial score (nSPS) is 15.2. The third-order valence-electron chi connectivity index (χ3n) is 4.41. The zero-order valence-electron chi connectivity index (χ0n) is 18.6. The van der Waals surface area contributed by atoms with Crippen molar-refractivity contribution >= 4 is 35.6 Å². The summed E-state index contributed by atoms with van der Waals surface area (Å²) in [5, 5.41) is 25.8. The summed E-state index contributed by atoms with van der Waals surface area (Å²) in [7, 11) is 0. The molecule has 0 aromatic carbocycles. The first-order valence-electron chi connectivity index (χ1n) is 10.2. The van der Waals surface area contributed by atoms with E-state index in [1.807, 2.05) is 0 Å². The molecular formula is C18H34N8O7. The molecular weight excluding hydrogens is 440 g/mol. The molecule has 0 aromatic heterocycles. The Balaban J connectivity index is 5.34. The Morgan fingerprint density at radius 3 is 2.00 bits per heavy atom. The predicted molar refractivity (Wildman–Crippen MR) is 117 cm³/mol. The lowest BCUT2D eigenvalue weighted by Crippen LogP contribution is -2.59. The van der Waals surface area contributed by atoms with Gasteiger partial charge in [0.25, 0.3) is 0 Å². The molecule has 0 rings (SSSR count). The van der Waals surface area contributed by atoms with E-state index in [-0.39, 0.29) is 38.2 Å². The van der Waals surface area contributed by atoms with Gasteiger partial charge in [-0.2, -0.15) is 0 Å². The van der Waals surface area contributed by atoms with Gasteiger partial charge in [-0.1, -0.05) is 0 Å². The Hall–Kier alpha value is -3.46. The third-order valence-corrected chi connectivity index (χ3v) is 4.41. The van der Waals surface area contributed by atoms with Gasteiger partial charge in [0, 0.05) is 13.0 Å². The van der Waals surface area contributed by atoms with Gasteiger partial charge in [0.15, 0.2) is 5.96 Å². The maximum Gasteiger partial charge on any atom is 0.325 e. The number of aliphatic hydroxyl groups excluding tert-OH is 1. The minimum absolute atomic E-state index is 0.0271. The van der Waals surface area contributed by atoms with E-state index in [0.717, 1.165) is 0 Å². The van der Waals surface area contributed by atoms with Gasteiger partial charge in [-0.25, -0.2) is 0 Å². The first kappa shape index (κ1) is 29.5. The fourth-order valence-electron chi connectivity index (χ4n) is 2.50. The van der Waals surface area contributed by atoms with E-state index in [1.54, 1.807) is 0 Å². The summed E-state index contributed by atoms with van der Waals surface area (Å²) in [5.41, 5.74) is 21.2. The van der Waals surface area contributed by atoms with Crippen LogP contribution in [0.4, 0.5) is 0 Å². The van der Waals surface area contributed by atoms with Gasteiger partial charge in [-0.05, 0) is 33.1 Å². The lowest BCUT2D eigenvalue weighted by Gasteiger charge is -2.26. The van der Waals surface area contributed by atoms with Crippen LogP contribution in [0.3, 0.4) is 0 Å². The molecule has 0 aliphatic rings. The third kappa shape index (κ3) is 12.2. The van der Waals surface area contributed by atoms with E-state index in [0.29, 0.717) is 0 Å². The topological polar surface area (TPSA) is 278 Å². The lowest BCUT2D eigenvalue weighted by atomic mass is 10.1. The van der Waals surface area contributed by atoms with Crippen molar-refractivity contribution in [3.63, 3.8) is 0 Å². The van der Waals surface area contributed by atoms with Gasteiger partial charge in [0.1, 0.15) is 18.1 Å². The molecule has 0 aliphatic heterocycles. The zero-order valence-corrected chi connectivity index (χ0v) is 18.6. The number of carbonyl (C=O) groups is 5. The molecule has 188 valence electrons. The predicted octanol–water partition coefficient (Wildman–Crippen LogP) is -4.43. The van der Waals surface area contributed by atoms with Crippen LogP contribution in [0.25, 0.3) is 0 Å². The lowest BCUT2D eigenvalue weighted by molar-refractivity contribution is -0.142. The maximum absolute atomic E-state index is 12.7. The summed E-state index contributed by atoms with van der Waals surface area (Å²) < 4.78 is 0. The summed E-state index contributed by atoms with van der Waals surface area (Å²) in [4.78, 5) is 63.1. The van der Waals surface area contributed by atoms with Crippen molar-refractivity contribution in [1.82, 2.24) is 16.0 Å². The number of aliphatic imine (C=N–C) groups is 1. The number of nitrogens with two attached hydrogens (primary N) is 4. The van der Waals surface area contributed by atoms with E-state index in [4.69, 9.17) is 28.0 Å². The number of carbonyl (C=O) groups excluding carboxylic acids is 4. The molecule has 5 atom stereocenters. The van der Waals surface area contributed by atoms with Crippen LogP contribution in [0, 0.1) is 0 Å². The molecule has 15 nitrogen and oxygen atoms in total. The number of hydrogen-bond acceptors (Lipinski definition) is 8. The van der Waals surface area contributed by atoms with E-state index in [2.05, 4.69) is 20.9 Å². The second kappa shape index (κ2) is 14.6. The average molecular weight is 475 g/mol. The SMILES string of the molecule is CC(NC(=O)C(CCCN=C(N)N)NC(=O)C(NC(=O)C(N)CCC(N)=O)C(C)O)C(=O)O. The van der Waals surface area contributed by atoms with Crippen LogP contribution in [0.5, 0.6) is 0 Å². The van der Waals surface area contributed by atoms with Crippen LogP contribution in [-0.2, 0) is 24.0 Å². The minimum atomic E-state index is -1.48. The zero-order chi connectivity index (χ0) is 25.7. The number of nitrogens with one attached hydrogen (secondary N) is 3. The summed E-state index contributed by atoms with van der Waals surface area (Å²) >= 11 is 0. The van der Waals surface area contributed by atoms with Crippen LogP contribution in [-0.4, -0.2) is 82.6 Å². The van der Waals surface area contributed by atoms with Crippen molar-refractivity contribution in [1.29, 1.82) is 0 Å². The number of primary amides is 1. The first-order valence-corrected chi connectivity index (χ1v) is 10.2. The Labute approximate surface area is 190 Å². The molecule has 5 unspecified atom stereocenters. The van der Waals surface area contributed by atoms with E-state index in [1.165, 1.54) is 13.8 Å². The van der Waals surface area contributed by atoms with Crippen LogP contribution in [0.15, 0.2) is 4.99 Å². The second-order valence-electron chi connectivity index (χ2n) is 7.42. The van der Waals surface area contributed by atoms with Crippen LogP contribution in [0.2, 0.25) is 0 Å². The van der Waals surface area contributed by atoms with Crippen molar-refractivity contribution < 1.29 is 34.2 Å². The molecule has 0 heterocycles. The van der Waals surface area contributed by atoms with Gasteiger partial charge in [-0.15, -0.1) is 0 Å². The quantitative estimate of drug-likeness (QED) is 0.0623. The van der Waals surface area contributed by atoms with Gasteiger partial charge in [0.05, 0.1) is 12.1 Å². The smallest absolute Gasteiger partial charge is 0.325 e. The van der Waals surface area contributed by atoms with Crippen LogP contribution < -0.4 is 38.9 Å². The van der Waals surface area contributed by atoms with E-state index in [9.17, 15) is 29.1 Å². The molecule has 4 amide bonds. The number of hydrogen-bond donors (Lipinski definition) is 9. The highest BCUT2D eigenvalue weighted by molar-refractivity contribution is 5.94. The van der Waals surface area contributed by atoms with Crippen LogP contribution in [0.1, 0.15) is 39.5 Å². The molecule has 0 saturated carbocycles. The number of nitrogens with zero attached hydrogens (tertiary/aromatic N) is 1. The number of guanidine groups is 1. The average Bonchev–Trinajstić information content (AvgIpc) is 2.71. The van der Waals surface area contributed by atoms with Gasteiger partial charge >= 0.3 is 5.97 Å².